The van der Waals surface area contributed by atoms with E-state index in [0.717, 1.165) is 24.0 Å². The molecule has 0 spiro atoms. The van der Waals surface area contributed by atoms with E-state index in [1.807, 2.05) is 13.0 Å². The molecule has 0 N–H and O–H groups in total. The second-order valence-electron chi connectivity index (χ2n) is 9.22. The van der Waals surface area contributed by atoms with E-state index < -0.39 is 11.9 Å². The van der Waals surface area contributed by atoms with Gasteiger partial charge in [0.25, 0.3) is 11.5 Å². The summed E-state index contributed by atoms with van der Waals surface area (Å²) in [6.07, 6.45) is 6.03. The van der Waals surface area contributed by atoms with Crippen molar-refractivity contribution in [3.63, 3.8) is 0 Å². The molecule has 1 amide bonds. The molecule has 1 saturated heterocycles. The lowest BCUT2D eigenvalue weighted by atomic mass is 10.1. The van der Waals surface area contributed by atoms with Crippen LogP contribution in [0.1, 0.15) is 41.3 Å². The molecule has 3 aromatic heterocycles. The third kappa shape index (κ3) is 5.55. The largest absolute Gasteiger partial charge is 0.462 e. The quantitative estimate of drug-likeness (QED) is 0.205. The Bertz CT molecular complexity index is 1730. The molecule has 1 aromatic carbocycles. The Morgan fingerprint density at radius 2 is 2.03 bits per heavy atom. The number of rotatable bonds is 6. The molecule has 39 heavy (non-hydrogen) atoms. The van der Waals surface area contributed by atoms with Gasteiger partial charge in [0, 0.05) is 23.9 Å². The monoisotopic (exact) mass is 546 g/mol. The molecule has 0 saturated carbocycles. The van der Waals surface area contributed by atoms with Crippen molar-refractivity contribution in [2.24, 2.45) is 4.99 Å². The van der Waals surface area contributed by atoms with E-state index in [4.69, 9.17) is 26.1 Å². The smallest absolute Gasteiger partial charge is 0.341 e. The second-order valence-corrected chi connectivity index (χ2v) is 9.66. The Balaban J connectivity index is 1.78. The van der Waals surface area contributed by atoms with Crippen molar-refractivity contribution in [1.29, 1.82) is 0 Å². The van der Waals surface area contributed by atoms with Crippen molar-refractivity contribution >= 4 is 46.2 Å². The molecule has 1 fully saturated rings. The molecular weight excluding hydrogens is 520 g/mol. The van der Waals surface area contributed by atoms with Crippen LogP contribution in [-0.4, -0.2) is 45.1 Å². The van der Waals surface area contributed by atoms with Crippen molar-refractivity contribution in [3.05, 3.63) is 92.3 Å². The van der Waals surface area contributed by atoms with Crippen LogP contribution in [0, 0.1) is 6.92 Å². The van der Waals surface area contributed by atoms with E-state index >= 15 is 0 Å². The number of carbonyl (C=O) groups is 2. The van der Waals surface area contributed by atoms with E-state index in [1.54, 1.807) is 54.1 Å². The second kappa shape index (κ2) is 11.3. The van der Waals surface area contributed by atoms with Gasteiger partial charge in [-0.05, 0) is 68.2 Å². The zero-order valence-corrected chi connectivity index (χ0v) is 22.4. The highest BCUT2D eigenvalue weighted by Gasteiger charge is 2.23. The van der Waals surface area contributed by atoms with E-state index in [-0.39, 0.29) is 41.3 Å². The van der Waals surface area contributed by atoms with Gasteiger partial charge in [0.15, 0.2) is 5.49 Å². The van der Waals surface area contributed by atoms with Crippen molar-refractivity contribution < 1.29 is 19.1 Å². The molecule has 4 heterocycles. The lowest BCUT2D eigenvalue weighted by Gasteiger charge is -2.18. The van der Waals surface area contributed by atoms with Crippen molar-refractivity contribution in [2.45, 2.75) is 39.3 Å². The first kappa shape index (κ1) is 26.5. The number of fused-ring (bicyclic) bond motifs is 2. The van der Waals surface area contributed by atoms with Gasteiger partial charge < -0.3 is 14.0 Å². The van der Waals surface area contributed by atoms with E-state index in [0.29, 0.717) is 22.9 Å². The number of carbonyl (C=O) groups excluding carboxylic acids is 2. The number of aromatic nitrogens is 3. The van der Waals surface area contributed by atoms with E-state index in [2.05, 4.69) is 4.99 Å². The lowest BCUT2D eigenvalue weighted by molar-refractivity contribution is -0.113. The first-order valence-corrected chi connectivity index (χ1v) is 13.1. The van der Waals surface area contributed by atoms with Crippen LogP contribution >= 0.6 is 11.6 Å². The molecular formula is C29H27ClN4O5. The fourth-order valence-electron chi connectivity index (χ4n) is 4.61. The van der Waals surface area contributed by atoms with Gasteiger partial charge in [-0.1, -0.05) is 29.8 Å². The maximum Gasteiger partial charge on any atom is 0.341 e. The van der Waals surface area contributed by atoms with Crippen LogP contribution in [0.2, 0.25) is 5.02 Å². The fraction of sp³-hybridized carbons (Fsp3) is 0.276. The van der Waals surface area contributed by atoms with Crippen LogP contribution in [0.25, 0.3) is 22.8 Å². The van der Waals surface area contributed by atoms with Gasteiger partial charge >= 0.3 is 5.97 Å². The average Bonchev–Trinajstić information content (AvgIpc) is 3.44. The van der Waals surface area contributed by atoms with E-state index in [9.17, 15) is 14.4 Å². The fourth-order valence-corrected chi connectivity index (χ4v) is 4.74. The number of esters is 1. The summed E-state index contributed by atoms with van der Waals surface area (Å²) < 4.78 is 14.2. The predicted octanol–water partition coefficient (Wildman–Crippen LogP) is 4.11. The summed E-state index contributed by atoms with van der Waals surface area (Å²) in [6.45, 7) is 4.52. The molecule has 200 valence electrons. The number of nitrogens with zero attached hydrogens (tertiary/aromatic N) is 4. The topological polar surface area (TPSA) is 104 Å². The Morgan fingerprint density at radius 3 is 2.74 bits per heavy atom. The van der Waals surface area contributed by atoms with Crippen molar-refractivity contribution in [3.8, 4) is 0 Å². The van der Waals surface area contributed by atoms with Crippen LogP contribution in [0.4, 0.5) is 0 Å². The molecule has 0 unspecified atom stereocenters. The lowest BCUT2D eigenvalue weighted by Crippen LogP contribution is -2.35. The summed E-state index contributed by atoms with van der Waals surface area (Å²) in [5, 5.41) is 0.794. The number of benzene rings is 1. The number of hydrogen-bond donors (Lipinski definition) is 0. The Morgan fingerprint density at radius 1 is 1.23 bits per heavy atom. The highest BCUT2D eigenvalue weighted by Crippen LogP contribution is 2.18. The SMILES string of the molecule is CCOC(=O)c1cc2c(=O)n3cccc(C)c3nc2n(C[C@H]2CCCO2)c1=NC(=O)/C=C/c1ccc(Cl)cc1. The summed E-state index contributed by atoms with van der Waals surface area (Å²) in [5.41, 5.74) is 2.07. The number of amides is 1. The predicted molar refractivity (Wildman–Crippen MR) is 148 cm³/mol. The molecule has 1 aliphatic rings. The number of ether oxygens (including phenoxy) is 2. The van der Waals surface area contributed by atoms with Crippen LogP contribution < -0.4 is 11.0 Å². The van der Waals surface area contributed by atoms with Gasteiger partial charge in [0.05, 0.1) is 24.6 Å². The zero-order chi connectivity index (χ0) is 27.5. The van der Waals surface area contributed by atoms with E-state index in [1.165, 1.54) is 16.5 Å². The molecule has 9 nitrogen and oxygen atoms in total. The molecule has 1 atom stereocenters. The Hall–Kier alpha value is -4.08. The maximum atomic E-state index is 13.6. The molecule has 0 bridgehead atoms. The normalized spacial score (nSPS) is 16.0. The van der Waals surface area contributed by atoms with Crippen LogP contribution in [0.3, 0.4) is 0 Å². The van der Waals surface area contributed by atoms with Gasteiger partial charge in [-0.3, -0.25) is 14.0 Å². The number of halogens is 1. The minimum Gasteiger partial charge on any atom is -0.462 e. The first-order valence-electron chi connectivity index (χ1n) is 12.7. The van der Waals surface area contributed by atoms with Crippen LogP contribution in [-0.2, 0) is 20.8 Å². The van der Waals surface area contributed by atoms with Gasteiger partial charge in [0.1, 0.15) is 16.9 Å². The summed E-state index contributed by atoms with van der Waals surface area (Å²) in [5.74, 6) is -1.29. The highest BCUT2D eigenvalue weighted by atomic mass is 35.5. The standard InChI is InChI=1S/C29H27ClN4O5/c1-3-38-29(37)23-16-22-26(32-25-18(2)6-4-14-33(25)28(22)36)34(17-21-7-5-15-39-21)27(23)31-24(35)13-10-19-8-11-20(30)12-9-19/h4,6,8-14,16,21H,3,5,7,15,17H2,1-2H3/b13-10+,31-27?/t21-/m1/s1. The first-order chi connectivity index (χ1) is 18.9. The summed E-state index contributed by atoms with van der Waals surface area (Å²) in [6, 6.07) is 12.0. The summed E-state index contributed by atoms with van der Waals surface area (Å²) in [7, 11) is 0. The third-order valence-electron chi connectivity index (χ3n) is 6.52. The maximum absolute atomic E-state index is 13.6. The molecule has 4 aromatic rings. The highest BCUT2D eigenvalue weighted by molar-refractivity contribution is 6.30. The third-order valence-corrected chi connectivity index (χ3v) is 6.77. The molecule has 0 radical (unpaired) electrons. The number of hydrogen-bond acceptors (Lipinski definition) is 6. The van der Waals surface area contributed by atoms with Crippen molar-refractivity contribution in [1.82, 2.24) is 14.0 Å². The Kier molecular flexibility index (Phi) is 7.72. The molecule has 10 heteroatoms. The van der Waals surface area contributed by atoms with Gasteiger partial charge in [-0.15, -0.1) is 0 Å². The summed E-state index contributed by atoms with van der Waals surface area (Å²) in [4.78, 5) is 48.9. The molecule has 0 aliphatic carbocycles. The van der Waals surface area contributed by atoms with Gasteiger partial charge in [0.2, 0.25) is 0 Å². The van der Waals surface area contributed by atoms with Crippen LogP contribution in [0.5, 0.6) is 0 Å². The number of aryl methyl sites for hydroxylation is 1. The average molecular weight is 547 g/mol. The van der Waals surface area contributed by atoms with Gasteiger partial charge in [-0.2, -0.15) is 4.99 Å². The minimum atomic E-state index is -0.692. The molecule has 1 aliphatic heterocycles. The van der Waals surface area contributed by atoms with Gasteiger partial charge in [-0.25, -0.2) is 9.78 Å². The number of pyridine rings is 2. The summed E-state index contributed by atoms with van der Waals surface area (Å²) >= 11 is 5.95. The Labute approximate surface area is 229 Å². The zero-order valence-electron chi connectivity index (χ0n) is 21.6. The molecule has 5 rings (SSSR count). The van der Waals surface area contributed by atoms with Crippen LogP contribution in [0.15, 0.2) is 64.5 Å². The van der Waals surface area contributed by atoms with Crippen molar-refractivity contribution in [2.75, 3.05) is 13.2 Å². The minimum absolute atomic E-state index is 0.00194.